The first-order chi connectivity index (χ1) is 17.4. The lowest BCUT2D eigenvalue weighted by atomic mass is 10.1. The van der Waals surface area contributed by atoms with Gasteiger partial charge in [-0.15, -0.1) is 13.2 Å². The fourth-order valence-corrected chi connectivity index (χ4v) is 3.86. The number of halogens is 4. The van der Waals surface area contributed by atoms with E-state index in [0.717, 1.165) is 18.2 Å². The van der Waals surface area contributed by atoms with Gasteiger partial charge in [-0.1, -0.05) is 12.1 Å². The van der Waals surface area contributed by atoms with E-state index in [1.54, 1.807) is 37.2 Å². The molecule has 0 spiro atoms. The van der Waals surface area contributed by atoms with Crippen LogP contribution < -0.4 is 20.9 Å². The van der Waals surface area contributed by atoms with Crippen LogP contribution in [0.5, 0.6) is 5.75 Å². The second kappa shape index (κ2) is 9.79. The molecule has 1 aliphatic carbocycles. The van der Waals surface area contributed by atoms with Gasteiger partial charge in [-0.3, -0.25) is 19.5 Å². The number of anilines is 2. The maximum absolute atomic E-state index is 14.0. The highest BCUT2D eigenvalue weighted by Crippen LogP contribution is 2.43. The summed E-state index contributed by atoms with van der Waals surface area (Å²) in [5, 5.41) is 3.14. The fourth-order valence-electron chi connectivity index (χ4n) is 3.86. The molecule has 8 nitrogen and oxygen atoms in total. The lowest BCUT2D eigenvalue weighted by Crippen LogP contribution is -2.51. The van der Waals surface area contributed by atoms with Gasteiger partial charge >= 0.3 is 6.36 Å². The summed E-state index contributed by atoms with van der Waals surface area (Å²) >= 11 is 0. The topological polar surface area (TPSA) is 101 Å². The van der Waals surface area contributed by atoms with Crippen LogP contribution in [0.1, 0.15) is 23.2 Å². The van der Waals surface area contributed by atoms with Crippen LogP contribution in [-0.2, 0) is 4.79 Å². The van der Waals surface area contributed by atoms with Crippen molar-refractivity contribution in [3.8, 4) is 17.0 Å². The molecule has 0 atom stereocenters. The molecule has 12 heteroatoms. The maximum atomic E-state index is 14.0. The standard InChI is InChI=1S/C25H23F4N5O3/c1-33(2)24(11-12-24)23(36)34(30)20-13-15(7-10-21(20)37-25(27,28)29)22(35)32-16-8-9-19(31-14-16)17-5-3-4-6-18(17)26/h3-10,13-14H,11-12,30H2,1-2H3,(H,32,35). The van der Waals surface area contributed by atoms with E-state index in [9.17, 15) is 27.2 Å². The molecular formula is C25H23F4N5O3. The van der Waals surface area contributed by atoms with Crippen LogP contribution >= 0.6 is 0 Å². The summed E-state index contributed by atoms with van der Waals surface area (Å²) in [6.07, 6.45) is -2.77. The average Bonchev–Trinajstić information content (AvgIpc) is 3.66. The molecule has 1 aromatic heterocycles. The van der Waals surface area contributed by atoms with E-state index in [1.807, 2.05) is 0 Å². The Hall–Kier alpha value is -4.03. The third-order valence-corrected chi connectivity index (χ3v) is 6.07. The van der Waals surface area contributed by atoms with Gasteiger partial charge in [0.05, 0.1) is 17.6 Å². The summed E-state index contributed by atoms with van der Waals surface area (Å²) in [5.41, 5.74) is -0.554. The molecule has 0 radical (unpaired) electrons. The number of nitrogens with zero attached hydrogens (tertiary/aromatic N) is 3. The van der Waals surface area contributed by atoms with Crippen molar-refractivity contribution in [2.75, 3.05) is 24.4 Å². The zero-order valence-corrected chi connectivity index (χ0v) is 19.8. The van der Waals surface area contributed by atoms with Gasteiger partial charge < -0.3 is 10.1 Å². The van der Waals surface area contributed by atoms with Crippen molar-refractivity contribution in [3.63, 3.8) is 0 Å². The number of likely N-dealkylation sites (N-methyl/N-ethyl adjacent to an activating group) is 1. The number of carbonyl (C=O) groups is 2. The third-order valence-electron chi connectivity index (χ3n) is 6.07. The predicted molar refractivity (Wildman–Crippen MR) is 128 cm³/mol. The van der Waals surface area contributed by atoms with Gasteiger partial charge in [0.1, 0.15) is 17.0 Å². The molecule has 4 rings (SSSR count). The first kappa shape index (κ1) is 26.0. The highest BCUT2D eigenvalue weighted by atomic mass is 19.4. The smallest absolute Gasteiger partial charge is 0.403 e. The maximum Gasteiger partial charge on any atom is 0.573 e. The summed E-state index contributed by atoms with van der Waals surface area (Å²) in [6, 6.07) is 12.1. The molecule has 2 amide bonds. The Balaban J connectivity index is 1.59. The average molecular weight is 517 g/mol. The van der Waals surface area contributed by atoms with Crippen molar-refractivity contribution < 1.29 is 31.9 Å². The Labute approximate surface area is 209 Å². The Morgan fingerprint density at radius 2 is 1.78 bits per heavy atom. The third kappa shape index (κ3) is 5.54. The molecular weight excluding hydrogens is 494 g/mol. The molecule has 0 unspecified atom stereocenters. The van der Waals surface area contributed by atoms with E-state index in [2.05, 4.69) is 15.0 Å². The van der Waals surface area contributed by atoms with E-state index in [1.165, 1.54) is 24.4 Å². The van der Waals surface area contributed by atoms with E-state index < -0.39 is 41.0 Å². The largest absolute Gasteiger partial charge is 0.573 e. The summed E-state index contributed by atoms with van der Waals surface area (Å²) < 4.78 is 57.1. The summed E-state index contributed by atoms with van der Waals surface area (Å²) in [6.45, 7) is 0. The summed E-state index contributed by atoms with van der Waals surface area (Å²) in [5.74, 6) is 3.45. The number of ether oxygens (including phenoxy) is 1. The zero-order valence-electron chi connectivity index (χ0n) is 19.8. The van der Waals surface area contributed by atoms with Crippen molar-refractivity contribution in [1.29, 1.82) is 0 Å². The number of carbonyl (C=O) groups excluding carboxylic acids is 2. The number of alkyl halides is 3. The second-order valence-electron chi connectivity index (χ2n) is 8.70. The number of aromatic nitrogens is 1. The molecule has 3 aromatic rings. The van der Waals surface area contributed by atoms with Crippen LogP contribution in [-0.4, -0.2) is 47.7 Å². The minimum atomic E-state index is -5.05. The molecule has 1 fully saturated rings. The van der Waals surface area contributed by atoms with Crippen molar-refractivity contribution in [3.05, 3.63) is 72.2 Å². The first-order valence-corrected chi connectivity index (χ1v) is 11.1. The van der Waals surface area contributed by atoms with Gasteiger partial charge in [-0.25, -0.2) is 15.2 Å². The van der Waals surface area contributed by atoms with Crippen LogP contribution in [0, 0.1) is 5.82 Å². The fraction of sp³-hybridized carbons (Fsp3) is 0.240. The highest BCUT2D eigenvalue weighted by molar-refractivity contribution is 6.07. The molecule has 1 aliphatic rings. The Morgan fingerprint density at radius 3 is 2.35 bits per heavy atom. The van der Waals surface area contributed by atoms with Gasteiger partial charge in [0.25, 0.3) is 11.8 Å². The van der Waals surface area contributed by atoms with Crippen molar-refractivity contribution in [2.24, 2.45) is 5.84 Å². The van der Waals surface area contributed by atoms with E-state index >= 15 is 0 Å². The number of rotatable bonds is 7. The lowest BCUT2D eigenvalue weighted by Gasteiger charge is -2.29. The molecule has 37 heavy (non-hydrogen) atoms. The van der Waals surface area contributed by atoms with Crippen LogP contribution in [0.25, 0.3) is 11.3 Å². The van der Waals surface area contributed by atoms with E-state index in [-0.39, 0.29) is 16.8 Å². The number of hydrogen-bond acceptors (Lipinski definition) is 6. The van der Waals surface area contributed by atoms with Crippen LogP contribution in [0.4, 0.5) is 28.9 Å². The minimum absolute atomic E-state index is 0.0827. The number of amides is 2. The van der Waals surface area contributed by atoms with Gasteiger partial charge in [-0.2, -0.15) is 0 Å². The van der Waals surface area contributed by atoms with Crippen molar-refractivity contribution >= 4 is 23.2 Å². The minimum Gasteiger partial charge on any atom is -0.403 e. The monoisotopic (exact) mass is 517 g/mol. The van der Waals surface area contributed by atoms with Crippen molar-refractivity contribution in [2.45, 2.75) is 24.7 Å². The quantitative estimate of drug-likeness (QED) is 0.209. The second-order valence-corrected chi connectivity index (χ2v) is 8.70. The number of benzene rings is 2. The number of hydrogen-bond donors (Lipinski definition) is 2. The Kier molecular flexibility index (Phi) is 6.89. The summed E-state index contributed by atoms with van der Waals surface area (Å²) in [4.78, 5) is 31.7. The number of nitrogens with two attached hydrogens (primary N) is 1. The number of pyridine rings is 1. The van der Waals surface area contributed by atoms with Gasteiger partial charge in [0.15, 0.2) is 5.75 Å². The highest BCUT2D eigenvalue weighted by Gasteiger charge is 2.54. The van der Waals surface area contributed by atoms with Gasteiger partial charge in [0, 0.05) is 11.1 Å². The number of nitrogens with one attached hydrogen (secondary N) is 1. The van der Waals surface area contributed by atoms with Crippen LogP contribution in [0.2, 0.25) is 0 Å². The predicted octanol–water partition coefficient (Wildman–Crippen LogP) is 4.34. The SMILES string of the molecule is CN(C)C1(C(=O)N(N)c2cc(C(=O)Nc3ccc(-c4ccccc4F)nc3)ccc2OC(F)(F)F)CC1. The van der Waals surface area contributed by atoms with E-state index in [4.69, 9.17) is 5.84 Å². The van der Waals surface area contributed by atoms with Gasteiger partial charge in [0.2, 0.25) is 0 Å². The Morgan fingerprint density at radius 1 is 1.08 bits per heavy atom. The van der Waals surface area contributed by atoms with Crippen LogP contribution in [0.3, 0.4) is 0 Å². The molecule has 3 N–H and O–H groups in total. The van der Waals surface area contributed by atoms with Crippen molar-refractivity contribution in [1.82, 2.24) is 9.88 Å². The Bertz CT molecular complexity index is 1320. The molecule has 0 aliphatic heterocycles. The molecule has 0 bridgehead atoms. The molecule has 2 aromatic carbocycles. The van der Waals surface area contributed by atoms with Crippen LogP contribution in [0.15, 0.2) is 60.8 Å². The van der Waals surface area contributed by atoms with E-state index in [0.29, 0.717) is 23.5 Å². The normalized spacial score (nSPS) is 14.3. The van der Waals surface area contributed by atoms with Gasteiger partial charge in [-0.05, 0) is 69.4 Å². The molecule has 194 valence electrons. The zero-order chi connectivity index (χ0) is 27.0. The summed E-state index contributed by atoms with van der Waals surface area (Å²) in [7, 11) is 3.34. The number of hydrazine groups is 1. The molecule has 0 saturated heterocycles. The molecule has 1 saturated carbocycles. The first-order valence-electron chi connectivity index (χ1n) is 11.1. The lowest BCUT2D eigenvalue weighted by molar-refractivity contribution is -0.274. The molecule has 1 heterocycles.